The SMILES string of the molecule is CN=C(NCCCOc1cccc(OC)c1)N1CCC(C(=O)OC)CC1. The molecule has 7 heteroatoms. The number of piperidine rings is 1. The number of hydrogen-bond acceptors (Lipinski definition) is 5. The second-order valence-electron chi connectivity index (χ2n) is 6.14. The van der Waals surface area contributed by atoms with Crippen LogP contribution in [0.4, 0.5) is 0 Å². The highest BCUT2D eigenvalue weighted by Crippen LogP contribution is 2.19. The van der Waals surface area contributed by atoms with Gasteiger partial charge in [-0.3, -0.25) is 9.79 Å². The fraction of sp³-hybridized carbons (Fsp3) is 0.579. The van der Waals surface area contributed by atoms with E-state index in [-0.39, 0.29) is 11.9 Å². The third-order valence-corrected chi connectivity index (χ3v) is 4.45. The number of nitrogens with one attached hydrogen (secondary N) is 1. The molecule has 0 aromatic heterocycles. The molecule has 1 aliphatic heterocycles. The molecule has 0 spiro atoms. The minimum Gasteiger partial charge on any atom is -0.497 e. The molecule has 0 amide bonds. The van der Waals surface area contributed by atoms with Crippen LogP contribution in [0.25, 0.3) is 0 Å². The van der Waals surface area contributed by atoms with Gasteiger partial charge in [-0.2, -0.15) is 0 Å². The van der Waals surface area contributed by atoms with Crippen molar-refractivity contribution in [1.82, 2.24) is 10.2 Å². The number of hydrogen-bond donors (Lipinski definition) is 1. The number of esters is 1. The summed E-state index contributed by atoms with van der Waals surface area (Å²) in [7, 11) is 4.87. The van der Waals surface area contributed by atoms with Crippen LogP contribution in [0.3, 0.4) is 0 Å². The van der Waals surface area contributed by atoms with E-state index in [0.29, 0.717) is 6.61 Å². The Morgan fingerprint density at radius 1 is 1.27 bits per heavy atom. The van der Waals surface area contributed by atoms with E-state index in [1.54, 1.807) is 14.2 Å². The molecule has 0 atom stereocenters. The van der Waals surface area contributed by atoms with Gasteiger partial charge in [0.1, 0.15) is 11.5 Å². The number of rotatable bonds is 7. The molecule has 1 aliphatic rings. The number of benzene rings is 1. The van der Waals surface area contributed by atoms with Gasteiger partial charge < -0.3 is 24.4 Å². The quantitative estimate of drug-likeness (QED) is 0.345. The summed E-state index contributed by atoms with van der Waals surface area (Å²) in [6.07, 6.45) is 2.45. The molecule has 1 fully saturated rings. The number of guanidine groups is 1. The van der Waals surface area contributed by atoms with Crippen molar-refractivity contribution in [3.05, 3.63) is 24.3 Å². The van der Waals surface area contributed by atoms with Crippen LogP contribution in [0.2, 0.25) is 0 Å². The number of aliphatic imine (C=N–C) groups is 1. The lowest BCUT2D eigenvalue weighted by Gasteiger charge is -2.33. The number of carbonyl (C=O) groups excluding carboxylic acids is 1. The van der Waals surface area contributed by atoms with E-state index < -0.39 is 0 Å². The Morgan fingerprint density at radius 3 is 2.65 bits per heavy atom. The lowest BCUT2D eigenvalue weighted by atomic mass is 9.97. The van der Waals surface area contributed by atoms with Gasteiger partial charge in [0.2, 0.25) is 0 Å². The molecule has 0 saturated carbocycles. The molecule has 0 bridgehead atoms. The lowest BCUT2D eigenvalue weighted by Crippen LogP contribution is -2.47. The molecule has 0 aliphatic carbocycles. The molecule has 1 heterocycles. The van der Waals surface area contributed by atoms with Crippen LogP contribution in [0.5, 0.6) is 11.5 Å². The van der Waals surface area contributed by atoms with E-state index in [1.165, 1.54) is 7.11 Å². The zero-order valence-corrected chi connectivity index (χ0v) is 15.9. The maximum atomic E-state index is 11.6. The van der Waals surface area contributed by atoms with Crippen molar-refractivity contribution in [3.63, 3.8) is 0 Å². The summed E-state index contributed by atoms with van der Waals surface area (Å²) in [4.78, 5) is 18.1. The second-order valence-corrected chi connectivity index (χ2v) is 6.14. The van der Waals surface area contributed by atoms with Gasteiger partial charge in [0, 0.05) is 32.7 Å². The first kappa shape index (κ1) is 19.9. The molecule has 26 heavy (non-hydrogen) atoms. The van der Waals surface area contributed by atoms with Crippen molar-refractivity contribution in [2.75, 3.05) is 47.5 Å². The van der Waals surface area contributed by atoms with E-state index in [9.17, 15) is 4.79 Å². The van der Waals surface area contributed by atoms with Crippen molar-refractivity contribution in [1.29, 1.82) is 0 Å². The Hall–Kier alpha value is -2.44. The van der Waals surface area contributed by atoms with Crippen molar-refractivity contribution in [2.45, 2.75) is 19.3 Å². The highest BCUT2D eigenvalue weighted by molar-refractivity contribution is 5.80. The van der Waals surface area contributed by atoms with E-state index in [0.717, 1.165) is 56.4 Å². The molecule has 7 nitrogen and oxygen atoms in total. The predicted octanol–water partition coefficient (Wildman–Crippen LogP) is 1.92. The van der Waals surface area contributed by atoms with Crippen molar-refractivity contribution < 1.29 is 19.0 Å². The molecular weight excluding hydrogens is 334 g/mol. The van der Waals surface area contributed by atoms with Crippen LogP contribution in [-0.4, -0.2) is 64.3 Å². The average molecular weight is 363 g/mol. The number of methoxy groups -OCH3 is 2. The fourth-order valence-corrected chi connectivity index (χ4v) is 2.98. The third-order valence-electron chi connectivity index (χ3n) is 4.45. The molecule has 0 radical (unpaired) electrons. The van der Waals surface area contributed by atoms with Crippen molar-refractivity contribution >= 4 is 11.9 Å². The van der Waals surface area contributed by atoms with Crippen LogP contribution in [0.1, 0.15) is 19.3 Å². The Labute approximate surface area is 155 Å². The van der Waals surface area contributed by atoms with E-state index in [4.69, 9.17) is 14.2 Å². The lowest BCUT2D eigenvalue weighted by molar-refractivity contribution is -0.146. The summed E-state index contributed by atoms with van der Waals surface area (Å²) in [5.41, 5.74) is 0. The standard InChI is InChI=1S/C19H29N3O4/c1-20-19(22-11-8-15(9-12-22)18(23)25-3)21-10-5-13-26-17-7-4-6-16(14-17)24-2/h4,6-7,14-15H,5,8-13H2,1-3H3,(H,20,21). The number of likely N-dealkylation sites (tertiary alicyclic amines) is 1. The summed E-state index contributed by atoms with van der Waals surface area (Å²) in [5.74, 6) is 2.36. The van der Waals surface area contributed by atoms with Crippen LogP contribution >= 0.6 is 0 Å². The zero-order valence-electron chi connectivity index (χ0n) is 15.9. The van der Waals surface area contributed by atoms with Gasteiger partial charge in [0.05, 0.1) is 26.7 Å². The highest BCUT2D eigenvalue weighted by Gasteiger charge is 2.26. The normalized spacial score (nSPS) is 15.5. The molecule has 1 aromatic carbocycles. The summed E-state index contributed by atoms with van der Waals surface area (Å²) in [5, 5.41) is 3.36. The van der Waals surface area contributed by atoms with Gasteiger partial charge >= 0.3 is 5.97 Å². The number of ether oxygens (including phenoxy) is 3. The topological polar surface area (TPSA) is 72.4 Å². The van der Waals surface area contributed by atoms with Gasteiger partial charge in [-0.05, 0) is 31.4 Å². The van der Waals surface area contributed by atoms with Gasteiger partial charge in [0.25, 0.3) is 0 Å². The first-order chi connectivity index (χ1) is 12.7. The van der Waals surface area contributed by atoms with Crippen molar-refractivity contribution in [3.8, 4) is 11.5 Å². The van der Waals surface area contributed by atoms with Crippen LogP contribution in [0.15, 0.2) is 29.3 Å². The van der Waals surface area contributed by atoms with Gasteiger partial charge in [0.15, 0.2) is 5.96 Å². The molecular formula is C19H29N3O4. The highest BCUT2D eigenvalue weighted by atomic mass is 16.5. The molecule has 1 saturated heterocycles. The monoisotopic (exact) mass is 363 g/mol. The smallest absolute Gasteiger partial charge is 0.308 e. The second kappa shape index (κ2) is 10.5. The van der Waals surface area contributed by atoms with Gasteiger partial charge in [-0.25, -0.2) is 0 Å². The Kier molecular flexibility index (Phi) is 8.05. The van der Waals surface area contributed by atoms with Crippen LogP contribution in [0, 0.1) is 5.92 Å². The molecule has 2 rings (SSSR count). The first-order valence-corrected chi connectivity index (χ1v) is 8.98. The minimum absolute atomic E-state index is 0.00520. The zero-order chi connectivity index (χ0) is 18.8. The molecule has 0 unspecified atom stereocenters. The van der Waals surface area contributed by atoms with Crippen LogP contribution in [-0.2, 0) is 9.53 Å². The average Bonchev–Trinajstić information content (AvgIpc) is 2.70. The minimum atomic E-state index is -0.109. The number of nitrogens with zero attached hydrogens (tertiary/aromatic N) is 2. The fourth-order valence-electron chi connectivity index (χ4n) is 2.98. The Bertz CT molecular complexity index is 598. The Morgan fingerprint density at radius 2 is 2.00 bits per heavy atom. The van der Waals surface area contributed by atoms with Crippen molar-refractivity contribution in [2.24, 2.45) is 10.9 Å². The van der Waals surface area contributed by atoms with E-state index in [2.05, 4.69) is 15.2 Å². The molecule has 1 aromatic rings. The summed E-state index contributed by atoms with van der Waals surface area (Å²) in [6.45, 7) is 2.99. The first-order valence-electron chi connectivity index (χ1n) is 8.98. The van der Waals surface area contributed by atoms with E-state index >= 15 is 0 Å². The molecule has 1 N–H and O–H groups in total. The largest absolute Gasteiger partial charge is 0.497 e. The summed E-state index contributed by atoms with van der Waals surface area (Å²) < 4.78 is 15.7. The predicted molar refractivity (Wildman–Crippen MR) is 101 cm³/mol. The van der Waals surface area contributed by atoms with Gasteiger partial charge in [-0.1, -0.05) is 6.07 Å². The maximum Gasteiger partial charge on any atom is 0.308 e. The van der Waals surface area contributed by atoms with Crippen LogP contribution < -0.4 is 14.8 Å². The maximum absolute atomic E-state index is 11.6. The van der Waals surface area contributed by atoms with Gasteiger partial charge in [-0.15, -0.1) is 0 Å². The number of carbonyl (C=O) groups is 1. The summed E-state index contributed by atoms with van der Waals surface area (Å²) >= 11 is 0. The molecule has 144 valence electrons. The summed E-state index contributed by atoms with van der Waals surface area (Å²) in [6, 6.07) is 7.59. The third kappa shape index (κ3) is 5.82. The van der Waals surface area contributed by atoms with E-state index in [1.807, 2.05) is 24.3 Å². The Balaban J connectivity index is 1.67.